The number of aromatic carboxylic acids is 1. The molecule has 7 heteroatoms. The third-order valence-corrected chi connectivity index (χ3v) is 4.33. The number of hydrogen-bond donors (Lipinski definition) is 1. The van der Waals surface area contributed by atoms with Crippen LogP contribution in [-0.4, -0.2) is 36.3 Å². The molecule has 1 saturated carbocycles. The van der Waals surface area contributed by atoms with Crippen molar-refractivity contribution in [2.45, 2.75) is 37.3 Å². The molecule has 0 unspecified atom stereocenters. The van der Waals surface area contributed by atoms with Crippen molar-refractivity contribution in [2.24, 2.45) is 0 Å². The largest absolute Gasteiger partial charge is 0.478 e. The third kappa shape index (κ3) is 3.24. The van der Waals surface area contributed by atoms with E-state index in [0.717, 1.165) is 31.0 Å². The molecule has 1 fully saturated rings. The Morgan fingerprint density at radius 3 is 2.90 bits per heavy atom. The standard InChI is InChI=1S/C14H16N4O2S/c1-9-11(14(19)20)13(17-12(16-9)10-2-3-10)21-7-6-18-5-4-15-8-18/h4-5,8,10H,2-3,6-7H2,1H3,(H,19,20). The zero-order valence-corrected chi connectivity index (χ0v) is 12.5. The minimum Gasteiger partial charge on any atom is -0.478 e. The van der Waals surface area contributed by atoms with Crippen LogP contribution >= 0.6 is 11.8 Å². The van der Waals surface area contributed by atoms with Crippen LogP contribution in [-0.2, 0) is 6.54 Å². The fourth-order valence-corrected chi connectivity index (χ4v) is 3.14. The zero-order chi connectivity index (χ0) is 14.8. The number of carboxylic acid groups (broad SMARTS) is 1. The minimum absolute atomic E-state index is 0.232. The zero-order valence-electron chi connectivity index (χ0n) is 11.7. The molecule has 2 aromatic rings. The molecule has 0 aromatic carbocycles. The molecule has 0 bridgehead atoms. The average Bonchev–Trinajstić information content (AvgIpc) is 3.16. The molecule has 3 rings (SSSR count). The van der Waals surface area contributed by atoms with Crippen LogP contribution in [0.25, 0.3) is 0 Å². The molecule has 1 aliphatic carbocycles. The van der Waals surface area contributed by atoms with Gasteiger partial charge in [-0.15, -0.1) is 11.8 Å². The van der Waals surface area contributed by atoms with Crippen LogP contribution in [0.1, 0.15) is 40.6 Å². The lowest BCUT2D eigenvalue weighted by molar-refractivity contribution is 0.0690. The first-order chi connectivity index (χ1) is 10.1. The van der Waals surface area contributed by atoms with E-state index in [-0.39, 0.29) is 5.56 Å². The normalized spacial score (nSPS) is 14.3. The van der Waals surface area contributed by atoms with E-state index in [1.54, 1.807) is 19.4 Å². The van der Waals surface area contributed by atoms with Crippen molar-refractivity contribution in [1.82, 2.24) is 19.5 Å². The van der Waals surface area contributed by atoms with Gasteiger partial charge in [0.25, 0.3) is 0 Å². The van der Waals surface area contributed by atoms with Gasteiger partial charge in [-0.2, -0.15) is 0 Å². The second-order valence-electron chi connectivity index (χ2n) is 5.08. The maximum atomic E-state index is 11.4. The van der Waals surface area contributed by atoms with Crippen molar-refractivity contribution in [3.63, 3.8) is 0 Å². The van der Waals surface area contributed by atoms with Crippen molar-refractivity contribution in [3.8, 4) is 0 Å². The van der Waals surface area contributed by atoms with Crippen LogP contribution in [0.3, 0.4) is 0 Å². The van der Waals surface area contributed by atoms with E-state index >= 15 is 0 Å². The molecule has 0 radical (unpaired) electrons. The summed E-state index contributed by atoms with van der Waals surface area (Å²) in [6, 6.07) is 0. The maximum Gasteiger partial charge on any atom is 0.340 e. The summed E-state index contributed by atoms with van der Waals surface area (Å²) < 4.78 is 1.96. The summed E-state index contributed by atoms with van der Waals surface area (Å²) in [5.74, 6) is 0.999. The first-order valence-electron chi connectivity index (χ1n) is 6.85. The van der Waals surface area contributed by atoms with Crippen LogP contribution in [0.5, 0.6) is 0 Å². The maximum absolute atomic E-state index is 11.4. The van der Waals surface area contributed by atoms with Crippen molar-refractivity contribution in [3.05, 3.63) is 35.8 Å². The molecule has 0 spiro atoms. The van der Waals surface area contributed by atoms with Gasteiger partial charge in [0.2, 0.25) is 0 Å². The number of aromatic nitrogens is 4. The highest BCUT2D eigenvalue weighted by Gasteiger charge is 2.29. The summed E-state index contributed by atoms with van der Waals surface area (Å²) >= 11 is 1.47. The van der Waals surface area contributed by atoms with Crippen LogP contribution in [0.4, 0.5) is 0 Å². The minimum atomic E-state index is -0.958. The summed E-state index contributed by atoms with van der Waals surface area (Å²) in [7, 11) is 0. The molecule has 110 valence electrons. The van der Waals surface area contributed by atoms with E-state index in [9.17, 15) is 9.90 Å². The highest BCUT2D eigenvalue weighted by Crippen LogP contribution is 2.39. The summed E-state index contributed by atoms with van der Waals surface area (Å²) in [4.78, 5) is 24.2. The number of nitrogens with zero attached hydrogens (tertiary/aromatic N) is 4. The Morgan fingerprint density at radius 2 is 2.29 bits per heavy atom. The molecule has 0 amide bonds. The first kappa shape index (κ1) is 14.1. The Kier molecular flexibility index (Phi) is 3.92. The summed E-state index contributed by atoms with van der Waals surface area (Å²) in [6.07, 6.45) is 7.57. The highest BCUT2D eigenvalue weighted by atomic mass is 32.2. The van der Waals surface area contributed by atoms with Gasteiger partial charge in [0.1, 0.15) is 16.4 Å². The summed E-state index contributed by atoms with van der Waals surface area (Å²) in [5, 5.41) is 9.95. The second-order valence-corrected chi connectivity index (χ2v) is 6.16. The number of rotatable bonds is 6. The Labute approximate surface area is 126 Å². The van der Waals surface area contributed by atoms with Crippen LogP contribution < -0.4 is 0 Å². The van der Waals surface area contributed by atoms with E-state index in [0.29, 0.717) is 16.6 Å². The molecular formula is C14H16N4O2S. The van der Waals surface area contributed by atoms with E-state index in [4.69, 9.17) is 0 Å². The molecule has 21 heavy (non-hydrogen) atoms. The molecule has 2 heterocycles. The van der Waals surface area contributed by atoms with Gasteiger partial charge in [0.05, 0.1) is 12.0 Å². The van der Waals surface area contributed by atoms with Gasteiger partial charge in [-0.05, 0) is 19.8 Å². The Hall–Kier alpha value is -1.89. The molecular weight excluding hydrogens is 288 g/mol. The summed E-state index contributed by atoms with van der Waals surface area (Å²) in [6.45, 7) is 2.52. The second kappa shape index (κ2) is 5.85. The van der Waals surface area contributed by atoms with Crippen molar-refractivity contribution in [1.29, 1.82) is 0 Å². The lowest BCUT2D eigenvalue weighted by atomic mass is 10.2. The highest BCUT2D eigenvalue weighted by molar-refractivity contribution is 7.99. The molecule has 1 aliphatic rings. The SMILES string of the molecule is Cc1nc(C2CC2)nc(SCCn2ccnc2)c1C(=O)O. The lowest BCUT2D eigenvalue weighted by Crippen LogP contribution is -2.10. The van der Waals surface area contributed by atoms with E-state index in [2.05, 4.69) is 15.0 Å². The van der Waals surface area contributed by atoms with Crippen LogP contribution in [0.2, 0.25) is 0 Å². The fourth-order valence-electron chi connectivity index (χ4n) is 2.11. The van der Waals surface area contributed by atoms with Crippen molar-refractivity contribution < 1.29 is 9.90 Å². The third-order valence-electron chi connectivity index (χ3n) is 3.38. The van der Waals surface area contributed by atoms with Gasteiger partial charge in [0.15, 0.2) is 0 Å². The monoisotopic (exact) mass is 304 g/mol. The molecule has 6 nitrogen and oxygen atoms in total. The van der Waals surface area contributed by atoms with Gasteiger partial charge in [-0.25, -0.2) is 19.7 Å². The quantitative estimate of drug-likeness (QED) is 0.651. The molecule has 0 aliphatic heterocycles. The van der Waals surface area contributed by atoms with Crippen LogP contribution in [0, 0.1) is 6.92 Å². The Morgan fingerprint density at radius 1 is 1.48 bits per heavy atom. The van der Waals surface area contributed by atoms with Gasteiger partial charge in [0, 0.05) is 30.6 Å². The van der Waals surface area contributed by atoms with Crippen molar-refractivity contribution in [2.75, 3.05) is 5.75 Å². The van der Waals surface area contributed by atoms with Gasteiger partial charge >= 0.3 is 5.97 Å². The smallest absolute Gasteiger partial charge is 0.340 e. The summed E-state index contributed by atoms with van der Waals surface area (Å²) in [5.41, 5.74) is 0.791. The fraction of sp³-hybridized carbons (Fsp3) is 0.429. The van der Waals surface area contributed by atoms with Gasteiger partial charge in [-0.1, -0.05) is 0 Å². The number of hydrogen-bond acceptors (Lipinski definition) is 5. The topological polar surface area (TPSA) is 80.9 Å². The van der Waals surface area contributed by atoms with E-state index in [1.165, 1.54) is 11.8 Å². The van der Waals surface area contributed by atoms with Gasteiger partial charge in [-0.3, -0.25) is 0 Å². The lowest BCUT2D eigenvalue weighted by Gasteiger charge is -2.10. The number of thioether (sulfide) groups is 1. The molecule has 0 saturated heterocycles. The number of imidazole rings is 1. The number of aryl methyl sites for hydroxylation is 2. The molecule has 1 N–H and O–H groups in total. The van der Waals surface area contributed by atoms with Crippen molar-refractivity contribution >= 4 is 17.7 Å². The Balaban J connectivity index is 1.79. The predicted octanol–water partition coefficient (Wildman–Crippen LogP) is 2.35. The average molecular weight is 304 g/mol. The van der Waals surface area contributed by atoms with Gasteiger partial charge < -0.3 is 9.67 Å². The molecule has 2 aromatic heterocycles. The molecule has 0 atom stereocenters. The van der Waals surface area contributed by atoms with E-state index in [1.807, 2.05) is 10.8 Å². The number of carboxylic acids is 1. The van der Waals surface area contributed by atoms with Crippen LogP contribution in [0.15, 0.2) is 23.7 Å². The number of carbonyl (C=O) groups is 1. The van der Waals surface area contributed by atoms with E-state index < -0.39 is 5.97 Å². The predicted molar refractivity (Wildman–Crippen MR) is 78.7 cm³/mol. The Bertz CT molecular complexity index is 653. The first-order valence-corrected chi connectivity index (χ1v) is 7.84.